The third-order valence-corrected chi connectivity index (χ3v) is 7.86. The van der Waals surface area contributed by atoms with Gasteiger partial charge in [-0.1, -0.05) is 6.07 Å². The number of nitrogens with zero attached hydrogens (tertiary/aromatic N) is 3. The van der Waals surface area contributed by atoms with Gasteiger partial charge in [0.15, 0.2) is 5.82 Å². The summed E-state index contributed by atoms with van der Waals surface area (Å²) in [5, 5.41) is 7.85. The number of pyridine rings is 1. The standard InChI is InChI=1S/C25H21F3N4O4S/c1-36-22-14-15(17-11-18(12-17)25(26,27)28)4-7-21(22)32-20-8-6-19(13-16(20)5-9-24(32)33)37(34,35)31-23-3-2-10-29-30-23/h2-10,13-14,17-18H,11-12H2,1H3,(H,30,31). The predicted molar refractivity (Wildman–Crippen MR) is 130 cm³/mol. The number of sulfonamides is 1. The number of aromatic nitrogens is 3. The van der Waals surface area contributed by atoms with E-state index in [1.807, 2.05) is 0 Å². The first-order valence-electron chi connectivity index (χ1n) is 11.3. The van der Waals surface area contributed by atoms with E-state index in [-0.39, 0.29) is 35.0 Å². The number of benzene rings is 2. The molecule has 37 heavy (non-hydrogen) atoms. The highest BCUT2D eigenvalue weighted by molar-refractivity contribution is 7.92. The lowest BCUT2D eigenvalue weighted by Gasteiger charge is -2.37. The Hall–Kier alpha value is -3.93. The van der Waals surface area contributed by atoms with Crippen LogP contribution in [-0.4, -0.2) is 36.5 Å². The van der Waals surface area contributed by atoms with Gasteiger partial charge in [0, 0.05) is 17.6 Å². The van der Waals surface area contributed by atoms with Crippen molar-refractivity contribution in [1.29, 1.82) is 0 Å². The van der Waals surface area contributed by atoms with Gasteiger partial charge in [-0.15, -0.1) is 5.10 Å². The number of nitrogens with one attached hydrogen (secondary N) is 1. The van der Waals surface area contributed by atoms with Crippen molar-refractivity contribution in [3.05, 3.63) is 82.8 Å². The average molecular weight is 531 g/mol. The Labute approximate surface area is 209 Å². The van der Waals surface area contributed by atoms with Gasteiger partial charge in [-0.05, 0) is 72.9 Å². The first-order valence-corrected chi connectivity index (χ1v) is 12.8. The maximum absolute atomic E-state index is 12.9. The van der Waals surface area contributed by atoms with Crippen LogP contribution in [0.25, 0.3) is 16.6 Å². The summed E-state index contributed by atoms with van der Waals surface area (Å²) in [6, 6.07) is 15.1. The Balaban J connectivity index is 1.51. The molecule has 0 radical (unpaired) electrons. The van der Waals surface area contributed by atoms with Gasteiger partial charge >= 0.3 is 6.18 Å². The molecule has 0 unspecified atom stereocenters. The zero-order valence-electron chi connectivity index (χ0n) is 19.4. The highest BCUT2D eigenvalue weighted by Crippen LogP contribution is 2.50. The maximum Gasteiger partial charge on any atom is 0.391 e. The van der Waals surface area contributed by atoms with Gasteiger partial charge < -0.3 is 4.74 Å². The van der Waals surface area contributed by atoms with Crippen LogP contribution in [0.5, 0.6) is 5.75 Å². The first kappa shape index (κ1) is 24.8. The number of hydrogen-bond donors (Lipinski definition) is 1. The molecule has 2 aromatic heterocycles. The van der Waals surface area contributed by atoms with Crippen LogP contribution in [0.2, 0.25) is 0 Å². The highest BCUT2D eigenvalue weighted by Gasteiger charge is 2.48. The highest BCUT2D eigenvalue weighted by atomic mass is 32.2. The smallest absolute Gasteiger partial charge is 0.391 e. The molecule has 1 N–H and O–H groups in total. The minimum Gasteiger partial charge on any atom is -0.495 e. The second kappa shape index (κ2) is 9.18. The van der Waals surface area contributed by atoms with Crippen LogP contribution in [0, 0.1) is 5.92 Å². The zero-order chi connectivity index (χ0) is 26.4. The molecular weight excluding hydrogens is 509 g/mol. The maximum atomic E-state index is 12.9. The number of hydrogen-bond acceptors (Lipinski definition) is 6. The molecule has 1 aliphatic carbocycles. The molecule has 4 aromatic rings. The monoisotopic (exact) mass is 530 g/mol. The van der Waals surface area contributed by atoms with E-state index >= 15 is 0 Å². The molecule has 1 aliphatic rings. The Kier molecular flexibility index (Phi) is 6.14. The Morgan fingerprint density at radius 1 is 1.05 bits per heavy atom. The molecule has 0 amide bonds. The summed E-state index contributed by atoms with van der Waals surface area (Å²) < 4.78 is 73.7. The summed E-state index contributed by atoms with van der Waals surface area (Å²) in [4.78, 5) is 12.9. The summed E-state index contributed by atoms with van der Waals surface area (Å²) in [6.07, 6.45) is -2.76. The van der Waals surface area contributed by atoms with Crippen molar-refractivity contribution >= 4 is 26.7 Å². The van der Waals surface area contributed by atoms with Gasteiger partial charge in [0.25, 0.3) is 15.6 Å². The summed E-state index contributed by atoms with van der Waals surface area (Å²) >= 11 is 0. The van der Waals surface area contributed by atoms with Gasteiger partial charge in [0.2, 0.25) is 0 Å². The van der Waals surface area contributed by atoms with E-state index in [1.165, 1.54) is 54.3 Å². The van der Waals surface area contributed by atoms with E-state index in [0.717, 1.165) is 0 Å². The summed E-state index contributed by atoms with van der Waals surface area (Å²) in [5.74, 6) is -1.17. The number of fused-ring (bicyclic) bond motifs is 1. The summed E-state index contributed by atoms with van der Waals surface area (Å²) in [5.41, 5.74) is 1.14. The zero-order valence-corrected chi connectivity index (χ0v) is 20.3. The van der Waals surface area contributed by atoms with Crippen LogP contribution in [-0.2, 0) is 10.0 Å². The molecule has 2 heterocycles. The third-order valence-electron chi connectivity index (χ3n) is 6.50. The third kappa shape index (κ3) is 4.76. The molecule has 0 saturated heterocycles. The number of methoxy groups -OCH3 is 1. The lowest BCUT2D eigenvalue weighted by molar-refractivity contribution is -0.197. The topological polar surface area (TPSA) is 103 Å². The van der Waals surface area contributed by atoms with Crippen molar-refractivity contribution in [3.63, 3.8) is 0 Å². The second-order valence-electron chi connectivity index (χ2n) is 8.78. The van der Waals surface area contributed by atoms with Crippen LogP contribution < -0.4 is 15.0 Å². The molecule has 12 heteroatoms. The van der Waals surface area contributed by atoms with Crippen LogP contribution in [0.4, 0.5) is 19.0 Å². The minimum atomic E-state index is -4.20. The fourth-order valence-electron chi connectivity index (χ4n) is 4.48. The van der Waals surface area contributed by atoms with Crippen molar-refractivity contribution in [2.75, 3.05) is 11.8 Å². The van der Waals surface area contributed by atoms with E-state index in [2.05, 4.69) is 14.9 Å². The molecule has 5 rings (SSSR count). The molecule has 0 atom stereocenters. The van der Waals surface area contributed by atoms with Crippen molar-refractivity contribution in [1.82, 2.24) is 14.8 Å². The second-order valence-corrected chi connectivity index (χ2v) is 10.5. The average Bonchev–Trinajstić information content (AvgIpc) is 2.82. The van der Waals surface area contributed by atoms with E-state index in [1.54, 1.807) is 24.3 Å². The molecule has 1 saturated carbocycles. The number of anilines is 1. The summed E-state index contributed by atoms with van der Waals surface area (Å²) in [6.45, 7) is 0. The normalized spacial score (nSPS) is 17.8. The Morgan fingerprint density at radius 2 is 1.84 bits per heavy atom. The van der Waals surface area contributed by atoms with Gasteiger partial charge in [-0.25, -0.2) is 8.42 Å². The molecule has 0 aliphatic heterocycles. The molecule has 0 bridgehead atoms. The molecular formula is C25H21F3N4O4S. The number of alkyl halides is 3. The Bertz CT molecular complexity index is 1630. The van der Waals surface area contributed by atoms with Crippen LogP contribution in [0.1, 0.15) is 24.3 Å². The lowest BCUT2D eigenvalue weighted by Crippen LogP contribution is -2.34. The molecule has 192 valence electrons. The number of ether oxygens (including phenoxy) is 1. The van der Waals surface area contributed by atoms with Crippen molar-refractivity contribution in [2.45, 2.75) is 29.8 Å². The van der Waals surface area contributed by atoms with Crippen LogP contribution in [0.3, 0.4) is 0 Å². The van der Waals surface area contributed by atoms with Crippen molar-refractivity contribution in [3.8, 4) is 11.4 Å². The predicted octanol–water partition coefficient (Wildman–Crippen LogP) is 4.65. The van der Waals surface area contributed by atoms with E-state index in [0.29, 0.717) is 27.9 Å². The fourth-order valence-corrected chi connectivity index (χ4v) is 5.51. The molecule has 1 fully saturated rings. The van der Waals surface area contributed by atoms with E-state index in [4.69, 9.17) is 4.74 Å². The fraction of sp³-hybridized carbons (Fsp3) is 0.240. The number of rotatable bonds is 6. The number of halogens is 3. The largest absolute Gasteiger partial charge is 0.495 e. The van der Waals surface area contributed by atoms with Crippen molar-refractivity contribution in [2.24, 2.45) is 5.92 Å². The Morgan fingerprint density at radius 3 is 2.51 bits per heavy atom. The van der Waals surface area contributed by atoms with Gasteiger partial charge in [-0.2, -0.15) is 18.3 Å². The molecule has 2 aromatic carbocycles. The molecule has 0 spiro atoms. The van der Waals surface area contributed by atoms with Crippen LogP contribution in [0.15, 0.2) is 76.6 Å². The minimum absolute atomic E-state index is 0.0140. The van der Waals surface area contributed by atoms with Crippen molar-refractivity contribution < 1.29 is 26.3 Å². The van der Waals surface area contributed by atoms with Gasteiger partial charge in [-0.3, -0.25) is 14.1 Å². The van der Waals surface area contributed by atoms with E-state index < -0.39 is 22.1 Å². The van der Waals surface area contributed by atoms with E-state index in [9.17, 15) is 26.4 Å². The van der Waals surface area contributed by atoms with Crippen LogP contribution >= 0.6 is 0 Å². The lowest BCUT2D eigenvalue weighted by atomic mass is 9.71. The first-order chi connectivity index (χ1) is 17.6. The SMILES string of the molecule is COc1cc(C2CC(C(F)(F)F)C2)ccc1-n1c(=O)ccc2cc(S(=O)(=O)Nc3cccnn3)ccc21. The quantitative estimate of drug-likeness (QED) is 0.390. The molecule has 8 nitrogen and oxygen atoms in total. The van der Waals surface area contributed by atoms with Gasteiger partial charge in [0.05, 0.1) is 29.1 Å². The van der Waals surface area contributed by atoms with Gasteiger partial charge in [0.1, 0.15) is 5.75 Å². The summed E-state index contributed by atoms with van der Waals surface area (Å²) in [7, 11) is -2.56.